The molecule has 1 saturated carbocycles. The van der Waals surface area contributed by atoms with E-state index in [1.165, 1.54) is 31.4 Å². The summed E-state index contributed by atoms with van der Waals surface area (Å²) >= 11 is 0. The number of likely N-dealkylation sites (N-methyl/N-ethyl adjacent to an activating group) is 1. The molecule has 0 saturated heterocycles. The molecule has 1 aliphatic carbocycles. The van der Waals surface area contributed by atoms with Gasteiger partial charge in [-0.05, 0) is 37.9 Å². The molecule has 1 fully saturated rings. The largest absolute Gasteiger partial charge is 0.368 e. The van der Waals surface area contributed by atoms with Crippen molar-refractivity contribution in [2.75, 3.05) is 23.3 Å². The molecule has 0 bridgehead atoms. The lowest BCUT2D eigenvalue weighted by Crippen LogP contribution is -2.27. The van der Waals surface area contributed by atoms with E-state index in [-0.39, 0.29) is 11.9 Å². The minimum absolute atomic E-state index is 0.0653. The van der Waals surface area contributed by atoms with Gasteiger partial charge >= 0.3 is 0 Å². The molecule has 3 rings (SSSR count). The molecule has 0 radical (unpaired) electrons. The fourth-order valence-corrected chi connectivity index (χ4v) is 3.07. The number of fused-ring (bicyclic) bond motifs is 1. The summed E-state index contributed by atoms with van der Waals surface area (Å²) in [6, 6.07) is 6.95. The van der Waals surface area contributed by atoms with E-state index >= 15 is 0 Å². The molecule has 1 aromatic carbocycles. The first kappa shape index (κ1) is 14.4. The molecule has 4 nitrogen and oxygen atoms in total. The van der Waals surface area contributed by atoms with Gasteiger partial charge in [-0.3, -0.25) is 4.79 Å². The number of benzene rings is 1. The second-order valence-corrected chi connectivity index (χ2v) is 6.03. The number of unbranched alkanes of at least 4 members (excludes halogenated alkanes) is 1. The van der Waals surface area contributed by atoms with E-state index in [4.69, 9.17) is 0 Å². The number of anilines is 2. The fraction of sp³-hybridized carbons (Fsp3) is 0.588. The first-order chi connectivity index (χ1) is 10.2. The quantitative estimate of drug-likeness (QED) is 0.810. The second kappa shape index (κ2) is 6.06. The van der Waals surface area contributed by atoms with Gasteiger partial charge in [0.05, 0.1) is 0 Å². The van der Waals surface area contributed by atoms with Crippen molar-refractivity contribution in [1.29, 1.82) is 0 Å². The van der Waals surface area contributed by atoms with Crippen LogP contribution in [0.5, 0.6) is 0 Å². The number of rotatable bonds is 7. The first-order valence-corrected chi connectivity index (χ1v) is 8.19. The molecule has 1 atom stereocenters. The van der Waals surface area contributed by atoms with Gasteiger partial charge in [0, 0.05) is 29.5 Å². The van der Waals surface area contributed by atoms with Crippen molar-refractivity contribution >= 4 is 17.3 Å². The van der Waals surface area contributed by atoms with E-state index < -0.39 is 0 Å². The summed E-state index contributed by atoms with van der Waals surface area (Å²) in [6.45, 7) is 6.17. The zero-order valence-corrected chi connectivity index (χ0v) is 13.0. The number of nitrogens with zero attached hydrogens (tertiary/aromatic N) is 1. The van der Waals surface area contributed by atoms with Crippen molar-refractivity contribution in [3.8, 4) is 0 Å². The predicted octanol–water partition coefficient (Wildman–Crippen LogP) is 3.06. The van der Waals surface area contributed by atoms with Crippen molar-refractivity contribution in [3.63, 3.8) is 0 Å². The smallest absolute Gasteiger partial charge is 0.246 e. The molecule has 0 spiro atoms. The van der Waals surface area contributed by atoms with E-state index in [9.17, 15) is 4.79 Å². The molecule has 1 aliphatic heterocycles. The highest BCUT2D eigenvalue weighted by Gasteiger charge is 2.32. The zero-order valence-electron chi connectivity index (χ0n) is 13.0. The summed E-state index contributed by atoms with van der Waals surface area (Å²) < 4.78 is 0. The van der Waals surface area contributed by atoms with Gasteiger partial charge < -0.3 is 15.5 Å². The molecule has 4 heteroatoms. The number of hydrogen-bond donors (Lipinski definition) is 2. The van der Waals surface area contributed by atoms with Crippen molar-refractivity contribution in [1.82, 2.24) is 5.32 Å². The van der Waals surface area contributed by atoms with Gasteiger partial charge in [0.25, 0.3) is 0 Å². The summed E-state index contributed by atoms with van der Waals surface area (Å²) in [5, 5.41) is 6.26. The van der Waals surface area contributed by atoms with Gasteiger partial charge in [-0.1, -0.05) is 26.3 Å². The Morgan fingerprint density at radius 1 is 1.33 bits per heavy atom. The average Bonchev–Trinajstić information content (AvgIpc) is 3.26. The number of nitrogens with one attached hydrogen (secondary N) is 2. The lowest BCUT2D eigenvalue weighted by Gasteiger charge is -2.25. The van der Waals surface area contributed by atoms with Gasteiger partial charge in [-0.25, -0.2) is 0 Å². The maximum absolute atomic E-state index is 12.0. The van der Waals surface area contributed by atoms with Gasteiger partial charge in [0.2, 0.25) is 5.91 Å². The highest BCUT2D eigenvalue weighted by Crippen LogP contribution is 2.37. The summed E-state index contributed by atoms with van der Waals surface area (Å²) in [5.74, 6) is 0.0653. The molecule has 1 aromatic rings. The lowest BCUT2D eigenvalue weighted by atomic mass is 10.1. The summed E-state index contributed by atoms with van der Waals surface area (Å²) in [6.07, 6.45) is 5.04. The third kappa shape index (κ3) is 2.91. The topological polar surface area (TPSA) is 44.4 Å². The van der Waals surface area contributed by atoms with Crippen LogP contribution in [0.4, 0.5) is 11.4 Å². The second-order valence-electron chi connectivity index (χ2n) is 6.03. The molecule has 1 unspecified atom stereocenters. The predicted molar refractivity (Wildman–Crippen MR) is 86.8 cm³/mol. The number of amides is 1. The van der Waals surface area contributed by atoms with Crippen molar-refractivity contribution < 1.29 is 4.79 Å². The maximum atomic E-state index is 12.0. The molecule has 0 aromatic heterocycles. The molecule has 1 amide bonds. The van der Waals surface area contributed by atoms with Gasteiger partial charge in [-0.15, -0.1) is 0 Å². The van der Waals surface area contributed by atoms with E-state index in [1.807, 2.05) is 6.92 Å². The minimum Gasteiger partial charge on any atom is -0.368 e. The van der Waals surface area contributed by atoms with Crippen LogP contribution in [-0.2, 0) is 4.79 Å². The molecule has 1 heterocycles. The number of carbonyl (C=O) groups excluding carboxylic acids is 1. The van der Waals surface area contributed by atoms with Crippen LogP contribution in [0.2, 0.25) is 0 Å². The average molecular weight is 287 g/mol. The molecule has 114 valence electrons. The lowest BCUT2D eigenvalue weighted by molar-refractivity contribution is -0.117. The van der Waals surface area contributed by atoms with E-state index in [0.29, 0.717) is 6.04 Å². The van der Waals surface area contributed by atoms with Crippen molar-refractivity contribution in [2.24, 2.45) is 0 Å². The summed E-state index contributed by atoms with van der Waals surface area (Å²) in [5.41, 5.74) is 3.31. The van der Waals surface area contributed by atoms with Crippen LogP contribution in [0, 0.1) is 0 Å². The summed E-state index contributed by atoms with van der Waals surface area (Å²) in [7, 11) is 0. The van der Waals surface area contributed by atoms with Gasteiger partial charge in [0.1, 0.15) is 6.04 Å². The molecule has 2 aliphatic rings. The first-order valence-electron chi connectivity index (χ1n) is 8.19. The SMILES string of the molecule is CCCCN(c1ccc2c(c1)NC(=O)C2NCC)C1CC1. The molecule has 21 heavy (non-hydrogen) atoms. The minimum atomic E-state index is -0.191. The highest BCUT2D eigenvalue weighted by atomic mass is 16.2. The monoisotopic (exact) mass is 287 g/mol. The van der Waals surface area contributed by atoms with Crippen LogP contribution in [0.3, 0.4) is 0 Å². The Kier molecular flexibility index (Phi) is 4.15. The van der Waals surface area contributed by atoms with Crippen molar-refractivity contribution in [2.45, 2.75) is 51.6 Å². The van der Waals surface area contributed by atoms with Crippen molar-refractivity contribution in [3.05, 3.63) is 23.8 Å². The Hall–Kier alpha value is -1.55. The Morgan fingerprint density at radius 2 is 2.14 bits per heavy atom. The maximum Gasteiger partial charge on any atom is 0.246 e. The van der Waals surface area contributed by atoms with Crippen LogP contribution in [0.15, 0.2) is 18.2 Å². The van der Waals surface area contributed by atoms with E-state index in [2.05, 4.69) is 40.7 Å². The summed E-state index contributed by atoms with van der Waals surface area (Å²) in [4.78, 5) is 14.5. The third-order valence-corrected chi connectivity index (χ3v) is 4.35. The van der Waals surface area contributed by atoms with E-state index in [1.54, 1.807) is 0 Å². The van der Waals surface area contributed by atoms with Crippen LogP contribution in [-0.4, -0.2) is 25.0 Å². The number of carbonyl (C=O) groups is 1. The van der Waals surface area contributed by atoms with Crippen LogP contribution in [0.25, 0.3) is 0 Å². The molecular formula is C17H25N3O. The Morgan fingerprint density at radius 3 is 2.81 bits per heavy atom. The Balaban J connectivity index is 1.82. The van der Waals surface area contributed by atoms with Crippen LogP contribution >= 0.6 is 0 Å². The van der Waals surface area contributed by atoms with E-state index in [0.717, 1.165) is 24.3 Å². The number of hydrogen-bond acceptors (Lipinski definition) is 3. The third-order valence-electron chi connectivity index (χ3n) is 4.35. The van der Waals surface area contributed by atoms with Gasteiger partial charge in [-0.2, -0.15) is 0 Å². The van der Waals surface area contributed by atoms with Crippen LogP contribution < -0.4 is 15.5 Å². The fourth-order valence-electron chi connectivity index (χ4n) is 3.07. The Bertz CT molecular complexity index is 525. The highest BCUT2D eigenvalue weighted by molar-refractivity contribution is 6.03. The zero-order chi connectivity index (χ0) is 14.8. The standard InChI is InChI=1S/C17H25N3O/c1-3-5-10-20(12-6-7-12)13-8-9-14-15(11-13)19-17(21)16(14)18-4-2/h8-9,11-12,16,18H,3-7,10H2,1-2H3,(H,19,21). The van der Waals surface area contributed by atoms with Crippen LogP contribution in [0.1, 0.15) is 51.1 Å². The Labute approximate surface area is 126 Å². The van der Waals surface area contributed by atoms with Gasteiger partial charge in [0.15, 0.2) is 0 Å². The normalized spacial score (nSPS) is 20.3. The molecule has 2 N–H and O–H groups in total. The molecular weight excluding hydrogens is 262 g/mol.